The molecule has 0 saturated carbocycles. The Kier molecular flexibility index (Phi) is 7.51. The van der Waals surface area contributed by atoms with Crippen LogP contribution < -0.4 is 10.1 Å². The smallest absolute Gasteiger partial charge is 0.322 e. The van der Waals surface area contributed by atoms with Gasteiger partial charge in [0, 0.05) is 31.5 Å². The number of aromatic nitrogens is 2. The van der Waals surface area contributed by atoms with Gasteiger partial charge in [0.1, 0.15) is 5.75 Å². The number of aryl methyl sites for hydroxylation is 2. The summed E-state index contributed by atoms with van der Waals surface area (Å²) in [4.78, 5) is 19.5. The van der Waals surface area contributed by atoms with Crippen LogP contribution in [0.5, 0.6) is 5.75 Å². The molecule has 1 aliphatic rings. The summed E-state index contributed by atoms with van der Waals surface area (Å²) in [7, 11) is 1.65. The SMILES string of the molecule is CCOc1ccc(-c2noc(C3=C(C)N(CCCOC)C(=O)NC3c3ccc(C)c(C)c3)n2)cc1. The highest BCUT2D eigenvalue weighted by molar-refractivity contribution is 5.87. The first-order chi connectivity index (χ1) is 16.9. The second-order valence-electron chi connectivity index (χ2n) is 8.60. The highest BCUT2D eigenvalue weighted by Crippen LogP contribution is 2.38. The molecule has 1 aliphatic heterocycles. The van der Waals surface area contributed by atoms with Crippen molar-refractivity contribution >= 4 is 11.6 Å². The molecular weight excluding hydrogens is 444 g/mol. The number of hydrogen-bond donors (Lipinski definition) is 1. The molecule has 3 aromatic rings. The van der Waals surface area contributed by atoms with Crippen molar-refractivity contribution in [3.8, 4) is 17.1 Å². The molecule has 2 aromatic carbocycles. The standard InChI is InChI=1S/C27H32N4O4/c1-6-34-22-12-10-20(11-13-22)25-29-26(35-30-25)23-19(4)31(14-7-15-33-5)27(32)28-24(23)21-9-8-17(2)18(3)16-21/h8-13,16,24H,6-7,14-15H2,1-5H3,(H,28,32). The van der Waals surface area contributed by atoms with Crippen molar-refractivity contribution in [2.45, 2.75) is 40.2 Å². The maximum Gasteiger partial charge on any atom is 0.322 e. The number of nitrogens with zero attached hydrogens (tertiary/aromatic N) is 3. The molecular formula is C27H32N4O4. The summed E-state index contributed by atoms with van der Waals surface area (Å²) >= 11 is 0. The van der Waals surface area contributed by atoms with Gasteiger partial charge in [0.05, 0.1) is 18.2 Å². The summed E-state index contributed by atoms with van der Waals surface area (Å²) in [6.45, 7) is 9.70. The molecule has 1 aromatic heterocycles. The van der Waals surface area contributed by atoms with Crippen LogP contribution in [0.1, 0.15) is 48.9 Å². The number of benzene rings is 2. The van der Waals surface area contributed by atoms with Gasteiger partial charge in [-0.15, -0.1) is 0 Å². The maximum atomic E-state index is 13.1. The first kappa shape index (κ1) is 24.5. The van der Waals surface area contributed by atoms with E-state index in [0.29, 0.717) is 37.9 Å². The number of carbonyl (C=O) groups excluding carboxylic acids is 1. The van der Waals surface area contributed by atoms with Gasteiger partial charge in [0.25, 0.3) is 5.89 Å². The van der Waals surface area contributed by atoms with Gasteiger partial charge in [0.15, 0.2) is 0 Å². The van der Waals surface area contributed by atoms with Crippen molar-refractivity contribution in [1.82, 2.24) is 20.4 Å². The van der Waals surface area contributed by atoms with Crippen LogP contribution in [0.25, 0.3) is 17.0 Å². The molecule has 1 atom stereocenters. The Hall–Kier alpha value is -3.65. The number of rotatable bonds is 9. The predicted octanol–water partition coefficient (Wildman–Crippen LogP) is 5.29. The van der Waals surface area contributed by atoms with Crippen LogP contribution >= 0.6 is 0 Å². The topological polar surface area (TPSA) is 89.7 Å². The zero-order valence-corrected chi connectivity index (χ0v) is 20.9. The van der Waals surface area contributed by atoms with E-state index in [-0.39, 0.29) is 6.03 Å². The fraction of sp³-hybridized carbons (Fsp3) is 0.370. The Balaban J connectivity index is 1.74. The predicted molar refractivity (Wildman–Crippen MR) is 134 cm³/mol. The first-order valence-electron chi connectivity index (χ1n) is 11.8. The van der Waals surface area contributed by atoms with E-state index >= 15 is 0 Å². The monoisotopic (exact) mass is 476 g/mol. The van der Waals surface area contributed by atoms with Crippen LogP contribution in [-0.4, -0.2) is 47.9 Å². The zero-order chi connectivity index (χ0) is 24.9. The van der Waals surface area contributed by atoms with Gasteiger partial charge in [-0.25, -0.2) is 4.79 Å². The molecule has 0 bridgehead atoms. The molecule has 2 amide bonds. The lowest BCUT2D eigenvalue weighted by Gasteiger charge is -2.35. The van der Waals surface area contributed by atoms with Gasteiger partial charge in [0.2, 0.25) is 5.82 Å². The van der Waals surface area contributed by atoms with Crippen LogP contribution in [0.15, 0.2) is 52.7 Å². The fourth-order valence-corrected chi connectivity index (χ4v) is 4.21. The molecule has 0 saturated heterocycles. The zero-order valence-electron chi connectivity index (χ0n) is 20.9. The second kappa shape index (κ2) is 10.7. The van der Waals surface area contributed by atoms with Gasteiger partial charge in [-0.1, -0.05) is 23.4 Å². The largest absolute Gasteiger partial charge is 0.494 e. The van der Waals surface area contributed by atoms with Crippen LogP contribution in [-0.2, 0) is 4.74 Å². The van der Waals surface area contributed by atoms with E-state index in [4.69, 9.17) is 19.0 Å². The highest BCUT2D eigenvalue weighted by Gasteiger charge is 2.35. The molecule has 35 heavy (non-hydrogen) atoms. The number of methoxy groups -OCH3 is 1. The molecule has 8 nitrogen and oxygen atoms in total. The summed E-state index contributed by atoms with van der Waals surface area (Å²) in [5, 5.41) is 7.39. The normalized spacial score (nSPS) is 16.0. The van der Waals surface area contributed by atoms with E-state index in [2.05, 4.69) is 36.5 Å². The molecule has 2 heterocycles. The third-order valence-electron chi connectivity index (χ3n) is 6.27. The molecule has 184 valence electrons. The third-order valence-corrected chi connectivity index (χ3v) is 6.27. The van der Waals surface area contributed by atoms with E-state index in [0.717, 1.165) is 33.7 Å². The minimum Gasteiger partial charge on any atom is -0.494 e. The van der Waals surface area contributed by atoms with Gasteiger partial charge >= 0.3 is 6.03 Å². The van der Waals surface area contributed by atoms with Crippen molar-refractivity contribution in [2.75, 3.05) is 26.9 Å². The van der Waals surface area contributed by atoms with Crippen LogP contribution in [0.4, 0.5) is 4.79 Å². The molecule has 8 heteroatoms. The summed E-state index contributed by atoms with van der Waals surface area (Å²) in [6.07, 6.45) is 0.712. The Labute approximate surface area is 205 Å². The molecule has 1 N–H and O–H groups in total. The summed E-state index contributed by atoms with van der Waals surface area (Å²) in [5.74, 6) is 1.64. The number of amides is 2. The van der Waals surface area contributed by atoms with Gasteiger partial charge in [-0.3, -0.25) is 4.90 Å². The van der Waals surface area contributed by atoms with Gasteiger partial charge < -0.3 is 19.3 Å². The minimum atomic E-state index is -0.408. The van der Waals surface area contributed by atoms with E-state index in [1.165, 1.54) is 5.56 Å². The third kappa shape index (κ3) is 5.22. The Morgan fingerprint density at radius 1 is 1.09 bits per heavy atom. The quantitative estimate of drug-likeness (QED) is 0.422. The lowest BCUT2D eigenvalue weighted by atomic mass is 9.92. The van der Waals surface area contributed by atoms with Crippen molar-refractivity contribution < 1.29 is 18.8 Å². The van der Waals surface area contributed by atoms with Crippen molar-refractivity contribution in [2.24, 2.45) is 0 Å². The van der Waals surface area contributed by atoms with E-state index in [1.807, 2.05) is 44.2 Å². The van der Waals surface area contributed by atoms with E-state index in [1.54, 1.807) is 12.0 Å². The molecule has 0 fully saturated rings. The second-order valence-corrected chi connectivity index (χ2v) is 8.60. The number of hydrogen-bond acceptors (Lipinski definition) is 6. The van der Waals surface area contributed by atoms with Crippen LogP contribution in [0.3, 0.4) is 0 Å². The minimum absolute atomic E-state index is 0.156. The molecule has 4 rings (SSSR count). The Morgan fingerprint density at radius 3 is 2.54 bits per heavy atom. The highest BCUT2D eigenvalue weighted by atomic mass is 16.5. The van der Waals surface area contributed by atoms with Gasteiger partial charge in [-0.2, -0.15) is 4.98 Å². The van der Waals surface area contributed by atoms with Crippen molar-refractivity contribution in [1.29, 1.82) is 0 Å². The lowest BCUT2D eigenvalue weighted by molar-refractivity contribution is 0.174. The average molecular weight is 477 g/mol. The number of nitrogens with one attached hydrogen (secondary N) is 1. The number of carbonyl (C=O) groups is 1. The molecule has 0 radical (unpaired) electrons. The van der Waals surface area contributed by atoms with Crippen molar-refractivity contribution in [3.63, 3.8) is 0 Å². The molecule has 0 aliphatic carbocycles. The fourth-order valence-electron chi connectivity index (χ4n) is 4.21. The van der Waals surface area contributed by atoms with Crippen molar-refractivity contribution in [3.05, 3.63) is 70.7 Å². The van der Waals surface area contributed by atoms with E-state index < -0.39 is 6.04 Å². The number of urea groups is 1. The molecule has 1 unspecified atom stereocenters. The molecule has 0 spiro atoms. The summed E-state index contributed by atoms with van der Waals surface area (Å²) in [5.41, 5.74) is 5.70. The summed E-state index contributed by atoms with van der Waals surface area (Å²) in [6, 6.07) is 13.2. The number of allylic oxidation sites excluding steroid dienone is 1. The Morgan fingerprint density at radius 2 is 1.86 bits per heavy atom. The maximum absolute atomic E-state index is 13.1. The first-order valence-corrected chi connectivity index (χ1v) is 11.8. The summed E-state index contributed by atoms with van der Waals surface area (Å²) < 4.78 is 16.5. The van der Waals surface area contributed by atoms with Gasteiger partial charge in [-0.05, 0) is 75.1 Å². The Bertz CT molecular complexity index is 1220. The van der Waals surface area contributed by atoms with Crippen LogP contribution in [0.2, 0.25) is 0 Å². The lowest BCUT2D eigenvalue weighted by Crippen LogP contribution is -2.46. The van der Waals surface area contributed by atoms with Crippen LogP contribution in [0, 0.1) is 13.8 Å². The number of ether oxygens (including phenoxy) is 2. The van der Waals surface area contributed by atoms with E-state index in [9.17, 15) is 4.79 Å². The average Bonchev–Trinajstić information content (AvgIpc) is 3.33.